The largest absolute Gasteiger partial charge is 0.478 e. The van der Waals surface area contributed by atoms with Crippen molar-refractivity contribution in [3.05, 3.63) is 32.8 Å². The summed E-state index contributed by atoms with van der Waals surface area (Å²) in [6.07, 6.45) is 0. The van der Waals surface area contributed by atoms with Crippen LogP contribution < -0.4 is 0 Å². The Bertz CT molecular complexity index is 336. The molecule has 1 N–H and O–H groups in total. The summed E-state index contributed by atoms with van der Waals surface area (Å²) in [5.74, 6) is -0.957. The smallest absolute Gasteiger partial charge is 0.336 e. The van der Waals surface area contributed by atoms with Gasteiger partial charge in [-0.25, -0.2) is 4.79 Å². The van der Waals surface area contributed by atoms with Crippen molar-refractivity contribution in [1.82, 2.24) is 0 Å². The summed E-state index contributed by atoms with van der Waals surface area (Å²) in [5.41, 5.74) is 0.980. The third kappa shape index (κ3) is 1.62. The van der Waals surface area contributed by atoms with E-state index >= 15 is 0 Å². The van der Waals surface area contributed by atoms with Gasteiger partial charge < -0.3 is 5.11 Å². The molecule has 64 valence electrons. The molecule has 0 saturated carbocycles. The van der Waals surface area contributed by atoms with Crippen LogP contribution in [-0.4, -0.2) is 11.1 Å². The second kappa shape index (κ2) is 3.46. The summed E-state index contributed by atoms with van der Waals surface area (Å²) >= 11 is 8.93. The maximum absolute atomic E-state index is 10.6. The van der Waals surface area contributed by atoms with Crippen LogP contribution in [0.3, 0.4) is 0 Å². The van der Waals surface area contributed by atoms with Gasteiger partial charge in [-0.2, -0.15) is 0 Å². The highest BCUT2D eigenvalue weighted by molar-refractivity contribution is 9.10. The molecule has 1 rings (SSSR count). The number of carbonyl (C=O) groups is 1. The summed E-state index contributed by atoms with van der Waals surface area (Å²) in [5, 5.41) is 9.27. The maximum Gasteiger partial charge on any atom is 0.336 e. The third-order valence-corrected chi connectivity index (χ3v) is 2.98. The first-order valence-corrected chi connectivity index (χ1v) is 4.39. The number of aromatic carboxylic acids is 1. The number of rotatable bonds is 1. The van der Waals surface area contributed by atoms with Gasteiger partial charge in [0.2, 0.25) is 0 Å². The molecule has 1 aromatic rings. The van der Waals surface area contributed by atoms with Gasteiger partial charge in [0.25, 0.3) is 0 Å². The van der Waals surface area contributed by atoms with Gasteiger partial charge in [0.05, 0.1) is 5.56 Å². The lowest BCUT2D eigenvalue weighted by Gasteiger charge is -2.03. The predicted molar refractivity (Wildman–Crippen MR) is 50.8 cm³/mol. The standard InChI is InChI=1S/C8H6BrClO2/c1-4-6(10)3-2-5(7(4)9)8(11)12/h2-3H,1H3,(H,11,12). The third-order valence-electron chi connectivity index (χ3n) is 1.55. The Hall–Kier alpha value is -0.540. The highest BCUT2D eigenvalue weighted by atomic mass is 79.9. The minimum atomic E-state index is -0.957. The molecule has 0 unspecified atom stereocenters. The van der Waals surface area contributed by atoms with Gasteiger partial charge in [0.15, 0.2) is 0 Å². The van der Waals surface area contributed by atoms with Crippen molar-refractivity contribution in [3.63, 3.8) is 0 Å². The van der Waals surface area contributed by atoms with E-state index in [2.05, 4.69) is 15.9 Å². The molecular weight excluding hydrogens is 243 g/mol. The minimum absolute atomic E-state index is 0.233. The quantitative estimate of drug-likeness (QED) is 0.830. The molecule has 0 saturated heterocycles. The van der Waals surface area contributed by atoms with E-state index < -0.39 is 5.97 Å². The number of halogens is 2. The molecule has 0 atom stereocenters. The number of carboxylic acids is 1. The fraction of sp³-hybridized carbons (Fsp3) is 0.125. The monoisotopic (exact) mass is 248 g/mol. The van der Waals surface area contributed by atoms with Crippen molar-refractivity contribution in [3.8, 4) is 0 Å². The second-order valence-corrected chi connectivity index (χ2v) is 3.54. The summed E-state index contributed by atoms with van der Waals surface area (Å²) in [4.78, 5) is 10.6. The normalized spacial score (nSPS) is 9.92. The van der Waals surface area contributed by atoms with E-state index in [1.165, 1.54) is 6.07 Å². The predicted octanol–water partition coefficient (Wildman–Crippen LogP) is 3.11. The fourth-order valence-corrected chi connectivity index (χ4v) is 1.61. The summed E-state index contributed by atoms with van der Waals surface area (Å²) in [7, 11) is 0. The fourth-order valence-electron chi connectivity index (χ4n) is 0.827. The van der Waals surface area contributed by atoms with Crippen LogP contribution in [0.4, 0.5) is 0 Å². The zero-order valence-electron chi connectivity index (χ0n) is 6.27. The van der Waals surface area contributed by atoms with E-state index in [-0.39, 0.29) is 5.56 Å². The van der Waals surface area contributed by atoms with Crippen molar-refractivity contribution >= 4 is 33.5 Å². The zero-order valence-corrected chi connectivity index (χ0v) is 8.61. The molecule has 4 heteroatoms. The SMILES string of the molecule is Cc1c(Cl)ccc(C(=O)O)c1Br. The Morgan fingerprint density at radius 3 is 2.67 bits per heavy atom. The maximum atomic E-state index is 10.6. The van der Waals surface area contributed by atoms with Crippen molar-refractivity contribution in [1.29, 1.82) is 0 Å². The molecule has 0 radical (unpaired) electrons. The van der Waals surface area contributed by atoms with Crippen LogP contribution in [0.2, 0.25) is 5.02 Å². The Morgan fingerprint density at radius 1 is 1.58 bits per heavy atom. The van der Waals surface area contributed by atoms with Gasteiger partial charge in [-0.05, 0) is 40.5 Å². The van der Waals surface area contributed by atoms with Crippen LogP contribution in [0.1, 0.15) is 15.9 Å². The molecular formula is C8H6BrClO2. The highest BCUT2D eigenvalue weighted by Crippen LogP contribution is 2.27. The topological polar surface area (TPSA) is 37.3 Å². The van der Waals surface area contributed by atoms with Gasteiger partial charge in [-0.1, -0.05) is 11.6 Å². The Labute approximate surface area is 83.3 Å². The average Bonchev–Trinajstić information content (AvgIpc) is 2.00. The molecule has 0 heterocycles. The zero-order chi connectivity index (χ0) is 9.30. The number of carboxylic acid groups (broad SMARTS) is 1. The van der Waals surface area contributed by atoms with Crippen LogP contribution in [0.5, 0.6) is 0 Å². The van der Waals surface area contributed by atoms with E-state index in [0.717, 1.165) is 5.56 Å². The van der Waals surface area contributed by atoms with Gasteiger partial charge in [0, 0.05) is 9.50 Å². The molecule has 0 fully saturated rings. The molecule has 0 amide bonds. The number of hydrogen-bond donors (Lipinski definition) is 1. The molecule has 0 aromatic heterocycles. The van der Waals surface area contributed by atoms with Gasteiger partial charge in [-0.3, -0.25) is 0 Å². The molecule has 1 aromatic carbocycles. The van der Waals surface area contributed by atoms with Crippen molar-refractivity contribution < 1.29 is 9.90 Å². The van der Waals surface area contributed by atoms with Gasteiger partial charge in [0.1, 0.15) is 0 Å². The van der Waals surface area contributed by atoms with Crippen LogP contribution in [0, 0.1) is 6.92 Å². The number of benzene rings is 1. The van der Waals surface area contributed by atoms with Crippen molar-refractivity contribution in [2.45, 2.75) is 6.92 Å². The van der Waals surface area contributed by atoms with Crippen LogP contribution >= 0.6 is 27.5 Å². The molecule has 0 aliphatic carbocycles. The molecule has 2 nitrogen and oxygen atoms in total. The lowest BCUT2D eigenvalue weighted by molar-refractivity contribution is 0.0696. The highest BCUT2D eigenvalue weighted by Gasteiger charge is 2.11. The average molecular weight is 249 g/mol. The summed E-state index contributed by atoms with van der Waals surface area (Å²) in [6, 6.07) is 3.05. The van der Waals surface area contributed by atoms with E-state index in [4.69, 9.17) is 16.7 Å². The van der Waals surface area contributed by atoms with E-state index in [1.54, 1.807) is 13.0 Å². The van der Waals surface area contributed by atoms with Gasteiger partial charge >= 0.3 is 5.97 Å². The van der Waals surface area contributed by atoms with Crippen molar-refractivity contribution in [2.75, 3.05) is 0 Å². The van der Waals surface area contributed by atoms with Crippen LogP contribution in [0.15, 0.2) is 16.6 Å². The Morgan fingerprint density at radius 2 is 2.17 bits per heavy atom. The van der Waals surface area contributed by atoms with E-state index in [1.807, 2.05) is 0 Å². The second-order valence-electron chi connectivity index (χ2n) is 2.34. The number of hydrogen-bond acceptors (Lipinski definition) is 1. The summed E-state index contributed by atoms with van der Waals surface area (Å²) < 4.78 is 0.544. The molecule has 12 heavy (non-hydrogen) atoms. The molecule has 0 aliphatic rings. The first-order chi connectivity index (χ1) is 5.54. The minimum Gasteiger partial charge on any atom is -0.478 e. The van der Waals surface area contributed by atoms with Crippen molar-refractivity contribution in [2.24, 2.45) is 0 Å². The molecule has 0 aliphatic heterocycles. The first-order valence-electron chi connectivity index (χ1n) is 3.22. The molecule has 0 bridgehead atoms. The Balaban J connectivity index is 3.36. The van der Waals surface area contributed by atoms with Crippen LogP contribution in [-0.2, 0) is 0 Å². The van der Waals surface area contributed by atoms with E-state index in [9.17, 15) is 4.79 Å². The van der Waals surface area contributed by atoms with Crippen LogP contribution in [0.25, 0.3) is 0 Å². The lowest BCUT2D eigenvalue weighted by atomic mass is 10.1. The lowest BCUT2D eigenvalue weighted by Crippen LogP contribution is -1.98. The van der Waals surface area contributed by atoms with E-state index in [0.29, 0.717) is 9.50 Å². The molecule has 0 spiro atoms. The summed E-state index contributed by atoms with van der Waals surface area (Å²) in [6.45, 7) is 1.76. The first kappa shape index (κ1) is 9.55. The van der Waals surface area contributed by atoms with Gasteiger partial charge in [-0.15, -0.1) is 0 Å². The Kier molecular flexibility index (Phi) is 2.75.